The molecule has 0 N–H and O–H groups in total. The summed E-state index contributed by atoms with van der Waals surface area (Å²) in [5, 5.41) is 0. The first-order valence-corrected chi connectivity index (χ1v) is 17.9. The van der Waals surface area contributed by atoms with Crippen molar-refractivity contribution in [3.63, 3.8) is 0 Å². The number of ketones is 2. The molecule has 3 aliphatic rings. The zero-order valence-electron chi connectivity index (χ0n) is 28.5. The molecule has 0 spiro atoms. The van der Waals surface area contributed by atoms with E-state index in [1.54, 1.807) is 0 Å². The molecule has 5 nitrogen and oxygen atoms in total. The van der Waals surface area contributed by atoms with Gasteiger partial charge in [0.15, 0.2) is 23.1 Å². The maximum atomic E-state index is 14.3. The van der Waals surface area contributed by atoms with Gasteiger partial charge in [-0.2, -0.15) is 0 Å². The van der Waals surface area contributed by atoms with Crippen molar-refractivity contribution in [3.05, 3.63) is 115 Å². The molecule has 0 saturated heterocycles. The Kier molecular flexibility index (Phi) is 9.45. The number of rotatable bonds is 9. The number of nitrogens with zero attached hydrogens (tertiary/aromatic N) is 1. The van der Waals surface area contributed by atoms with Crippen LogP contribution in [-0.4, -0.2) is 29.6 Å². The minimum absolute atomic E-state index is 0.141. The number of hydrogen-bond donors (Lipinski definition) is 0. The Morgan fingerprint density at radius 1 is 0.787 bits per heavy atom. The van der Waals surface area contributed by atoms with Crippen LogP contribution >= 0.6 is 22.6 Å². The van der Waals surface area contributed by atoms with E-state index in [4.69, 9.17) is 9.47 Å². The third kappa shape index (κ3) is 7.08. The van der Waals surface area contributed by atoms with Crippen molar-refractivity contribution in [2.24, 2.45) is 10.8 Å². The first-order valence-electron chi connectivity index (χ1n) is 16.8. The van der Waals surface area contributed by atoms with E-state index < -0.39 is 5.92 Å². The van der Waals surface area contributed by atoms with Crippen LogP contribution in [-0.2, 0) is 22.6 Å². The first kappa shape index (κ1) is 33.5. The first-order chi connectivity index (χ1) is 22.4. The fraction of sp³-hybridized carbons (Fsp3) is 0.415. The molecule has 6 heteroatoms. The molecule has 0 atom stereocenters. The largest absolute Gasteiger partial charge is 0.490 e. The molecule has 246 valence electrons. The van der Waals surface area contributed by atoms with Crippen LogP contribution in [0.2, 0.25) is 0 Å². The summed E-state index contributed by atoms with van der Waals surface area (Å²) < 4.78 is 13.5. The molecule has 0 saturated carbocycles. The molecular formula is C41H46INO4. The van der Waals surface area contributed by atoms with Gasteiger partial charge in [0.2, 0.25) is 0 Å². The number of Topliss-reactive ketones (excluding diaryl/α,β-unsaturated/α-hetero) is 2. The summed E-state index contributed by atoms with van der Waals surface area (Å²) in [5.41, 5.74) is 7.86. The van der Waals surface area contributed by atoms with E-state index in [1.807, 2.05) is 19.1 Å². The van der Waals surface area contributed by atoms with Gasteiger partial charge in [0.25, 0.3) is 0 Å². The Labute approximate surface area is 293 Å². The Morgan fingerprint density at radius 2 is 1.38 bits per heavy atom. The minimum atomic E-state index is -0.431. The zero-order chi connectivity index (χ0) is 33.5. The van der Waals surface area contributed by atoms with Crippen LogP contribution in [0.15, 0.2) is 89.3 Å². The summed E-state index contributed by atoms with van der Waals surface area (Å²) in [6, 6.07) is 23.0. The summed E-state index contributed by atoms with van der Waals surface area (Å²) >= 11 is 2.32. The van der Waals surface area contributed by atoms with Gasteiger partial charge in [0.05, 0.1) is 10.2 Å². The Bertz CT molecular complexity index is 1700. The predicted molar refractivity (Wildman–Crippen MR) is 196 cm³/mol. The number of hydrogen-bond acceptors (Lipinski definition) is 5. The lowest BCUT2D eigenvalue weighted by Crippen LogP contribution is -2.45. The molecule has 0 fully saturated rings. The van der Waals surface area contributed by atoms with E-state index in [1.165, 1.54) is 11.1 Å². The zero-order valence-corrected chi connectivity index (χ0v) is 30.7. The third-order valence-corrected chi connectivity index (χ3v) is 10.5. The van der Waals surface area contributed by atoms with Gasteiger partial charge in [-0.3, -0.25) is 9.59 Å². The van der Waals surface area contributed by atoms with Gasteiger partial charge >= 0.3 is 0 Å². The van der Waals surface area contributed by atoms with Crippen LogP contribution in [0.3, 0.4) is 0 Å². The average molecular weight is 744 g/mol. The van der Waals surface area contributed by atoms with Gasteiger partial charge in [-0.05, 0) is 95.4 Å². The van der Waals surface area contributed by atoms with Crippen LogP contribution in [0.4, 0.5) is 0 Å². The van der Waals surface area contributed by atoms with E-state index in [0.717, 1.165) is 63.0 Å². The fourth-order valence-electron chi connectivity index (χ4n) is 7.53. The molecule has 0 aromatic heterocycles. The normalized spacial score (nSPS) is 19.1. The third-order valence-electron chi connectivity index (χ3n) is 9.66. The summed E-state index contributed by atoms with van der Waals surface area (Å²) in [5.74, 6) is 1.18. The SMILES string of the molecule is CCOc1cc(C2C3=C(CC(C)(C)CC3=O)N(CCc3ccccc3)C3=C2C(=O)CC(C)(C)C3)cc(I)c1OCc1ccc(C)cc1. The standard InChI is InChI=1S/C41H46INO4/c1-7-46-35-20-29(19-30(42)39(35)47-25-28-15-13-26(2)14-16-28)36-37-31(21-40(3,4)23-33(37)44)43(18-17-27-11-9-8-10-12-27)32-22-41(5,6)24-34(45)38(32)36/h8-16,19-20,36H,7,17-18,21-25H2,1-6H3. The molecule has 3 aromatic carbocycles. The molecule has 0 unspecified atom stereocenters. The predicted octanol–water partition coefficient (Wildman–Crippen LogP) is 9.51. The molecule has 1 heterocycles. The van der Waals surface area contributed by atoms with Crippen molar-refractivity contribution < 1.29 is 19.1 Å². The minimum Gasteiger partial charge on any atom is -0.490 e. The van der Waals surface area contributed by atoms with Crippen LogP contribution in [0.1, 0.15) is 88.5 Å². The van der Waals surface area contributed by atoms with Gasteiger partial charge in [-0.25, -0.2) is 0 Å². The molecule has 0 bridgehead atoms. The van der Waals surface area contributed by atoms with E-state index >= 15 is 0 Å². The lowest BCUT2D eigenvalue weighted by Gasteiger charge is -2.49. The van der Waals surface area contributed by atoms with Crippen molar-refractivity contribution in [3.8, 4) is 11.5 Å². The second kappa shape index (κ2) is 13.3. The number of allylic oxidation sites excluding steroid dienone is 4. The van der Waals surface area contributed by atoms with Crippen LogP contribution < -0.4 is 9.47 Å². The molecular weight excluding hydrogens is 697 g/mol. The van der Waals surface area contributed by atoms with E-state index in [9.17, 15) is 9.59 Å². The van der Waals surface area contributed by atoms with Gasteiger partial charge in [-0.1, -0.05) is 87.9 Å². The molecule has 0 radical (unpaired) electrons. The maximum Gasteiger partial charge on any atom is 0.174 e. The summed E-state index contributed by atoms with van der Waals surface area (Å²) in [6.07, 6.45) is 3.34. The number of benzene rings is 3. The van der Waals surface area contributed by atoms with Crippen molar-refractivity contribution in [1.29, 1.82) is 0 Å². The molecule has 6 rings (SSSR count). The molecule has 3 aromatic rings. The van der Waals surface area contributed by atoms with Crippen LogP contribution in [0, 0.1) is 21.3 Å². The second-order valence-corrected chi connectivity index (χ2v) is 16.1. The monoisotopic (exact) mass is 743 g/mol. The van der Waals surface area contributed by atoms with E-state index in [2.05, 4.69) is 117 Å². The number of halogens is 1. The van der Waals surface area contributed by atoms with Crippen molar-refractivity contribution in [2.75, 3.05) is 13.2 Å². The Morgan fingerprint density at radius 3 is 1.96 bits per heavy atom. The van der Waals surface area contributed by atoms with E-state index in [-0.39, 0.29) is 22.4 Å². The van der Waals surface area contributed by atoms with Gasteiger partial charge < -0.3 is 14.4 Å². The summed E-state index contributed by atoms with van der Waals surface area (Å²) in [7, 11) is 0. The highest BCUT2D eigenvalue weighted by Crippen LogP contribution is 2.55. The number of carbonyl (C=O) groups excluding carboxylic acids is 2. The topological polar surface area (TPSA) is 55.8 Å². The highest BCUT2D eigenvalue weighted by molar-refractivity contribution is 14.1. The second-order valence-electron chi connectivity index (χ2n) is 15.0. The van der Waals surface area contributed by atoms with Crippen LogP contribution in [0.25, 0.3) is 0 Å². The highest BCUT2D eigenvalue weighted by atomic mass is 127. The molecule has 47 heavy (non-hydrogen) atoms. The lowest BCUT2D eigenvalue weighted by molar-refractivity contribution is -0.119. The number of ether oxygens (including phenoxy) is 2. The fourth-order valence-corrected chi connectivity index (χ4v) is 8.32. The maximum absolute atomic E-state index is 14.3. The molecule has 2 aliphatic carbocycles. The molecule has 0 amide bonds. The smallest absolute Gasteiger partial charge is 0.174 e. The van der Waals surface area contributed by atoms with Gasteiger partial charge in [0, 0.05) is 47.8 Å². The molecule has 1 aliphatic heterocycles. The lowest BCUT2D eigenvalue weighted by atomic mass is 9.63. The van der Waals surface area contributed by atoms with Crippen LogP contribution in [0.5, 0.6) is 11.5 Å². The Hall–Kier alpha value is -3.39. The van der Waals surface area contributed by atoms with Crippen molar-refractivity contribution in [1.82, 2.24) is 4.90 Å². The summed E-state index contributed by atoms with van der Waals surface area (Å²) in [4.78, 5) is 31.0. The van der Waals surface area contributed by atoms with Gasteiger partial charge in [0.1, 0.15) is 6.61 Å². The highest BCUT2D eigenvalue weighted by Gasteiger charge is 2.49. The van der Waals surface area contributed by atoms with E-state index in [0.29, 0.717) is 37.6 Å². The van der Waals surface area contributed by atoms with Gasteiger partial charge in [-0.15, -0.1) is 0 Å². The summed E-state index contributed by atoms with van der Waals surface area (Å²) in [6.45, 7) is 14.4. The quantitative estimate of drug-likeness (QED) is 0.205. The van der Waals surface area contributed by atoms with Crippen molar-refractivity contribution in [2.45, 2.75) is 86.2 Å². The number of aryl methyl sites for hydroxylation is 1. The average Bonchev–Trinajstić information content (AvgIpc) is 2.99. The van der Waals surface area contributed by atoms with Crippen molar-refractivity contribution >= 4 is 34.2 Å². The number of carbonyl (C=O) groups is 2. The Balaban J connectivity index is 1.48.